The summed E-state index contributed by atoms with van der Waals surface area (Å²) in [6.07, 6.45) is -0.545. The number of non-ortho nitro benzene ring substituents is 1. The lowest BCUT2D eigenvalue weighted by Gasteiger charge is -2.39. The van der Waals surface area contributed by atoms with Gasteiger partial charge in [-0.25, -0.2) is 4.79 Å². The molecule has 1 amide bonds. The maximum absolute atomic E-state index is 11.8. The minimum atomic E-state index is -0.528. The number of amides is 1. The number of benzene rings is 1. The van der Waals surface area contributed by atoms with Crippen LogP contribution in [0.3, 0.4) is 0 Å². The van der Waals surface area contributed by atoms with Gasteiger partial charge in [0, 0.05) is 6.07 Å². The third-order valence-electron chi connectivity index (χ3n) is 3.05. The van der Waals surface area contributed by atoms with Crippen molar-refractivity contribution in [3.63, 3.8) is 0 Å². The van der Waals surface area contributed by atoms with Crippen molar-refractivity contribution in [2.24, 2.45) is 0 Å². The van der Waals surface area contributed by atoms with Crippen LogP contribution < -0.4 is 4.74 Å². The van der Waals surface area contributed by atoms with Gasteiger partial charge < -0.3 is 14.4 Å². The molecule has 22 heavy (non-hydrogen) atoms. The molecule has 1 aromatic rings. The lowest BCUT2D eigenvalue weighted by atomic mass is 10.1. The fourth-order valence-corrected chi connectivity index (χ4v) is 2.08. The number of hydrogen-bond acceptors (Lipinski definition) is 5. The molecule has 7 nitrogen and oxygen atoms in total. The van der Waals surface area contributed by atoms with Gasteiger partial charge in [-0.3, -0.25) is 10.1 Å². The Morgan fingerprint density at radius 1 is 1.32 bits per heavy atom. The van der Waals surface area contributed by atoms with Gasteiger partial charge in [0.15, 0.2) is 0 Å². The highest BCUT2D eigenvalue weighted by Crippen LogP contribution is 2.25. The second kappa shape index (κ2) is 5.82. The Balaban J connectivity index is 1.90. The van der Waals surface area contributed by atoms with Crippen molar-refractivity contribution >= 4 is 11.8 Å². The van der Waals surface area contributed by atoms with E-state index < -0.39 is 10.5 Å². The lowest BCUT2D eigenvalue weighted by molar-refractivity contribution is -0.385. The Bertz CT molecular complexity index is 588. The van der Waals surface area contributed by atoms with E-state index in [4.69, 9.17) is 9.47 Å². The third-order valence-corrected chi connectivity index (χ3v) is 3.05. The first-order valence-corrected chi connectivity index (χ1v) is 7.05. The minimum absolute atomic E-state index is 0.00155. The Hall–Kier alpha value is -2.31. The van der Waals surface area contributed by atoms with Gasteiger partial charge in [-0.2, -0.15) is 0 Å². The molecular formula is C15H20N2O5. The number of nitro groups is 1. The molecule has 0 N–H and O–H groups in total. The van der Waals surface area contributed by atoms with E-state index in [2.05, 4.69) is 0 Å². The highest BCUT2D eigenvalue weighted by atomic mass is 16.6. The lowest BCUT2D eigenvalue weighted by Crippen LogP contribution is -2.57. The van der Waals surface area contributed by atoms with Crippen LogP contribution in [0.4, 0.5) is 10.5 Å². The number of rotatable bonds is 3. The van der Waals surface area contributed by atoms with Crippen molar-refractivity contribution in [3.05, 3.63) is 33.9 Å². The largest absolute Gasteiger partial charge is 0.486 e. The first-order valence-electron chi connectivity index (χ1n) is 7.05. The van der Waals surface area contributed by atoms with Crippen LogP contribution in [-0.4, -0.2) is 40.7 Å². The number of likely N-dealkylation sites (tertiary alicyclic amines) is 1. The zero-order chi connectivity index (χ0) is 16.5. The number of nitro benzene ring substituents is 1. The summed E-state index contributed by atoms with van der Waals surface area (Å²) in [7, 11) is 0. The molecule has 1 aliphatic rings. The third kappa shape index (κ3) is 4.09. The van der Waals surface area contributed by atoms with Crippen LogP contribution in [0.2, 0.25) is 0 Å². The molecule has 1 aromatic carbocycles. The van der Waals surface area contributed by atoms with E-state index in [1.54, 1.807) is 17.9 Å². The van der Waals surface area contributed by atoms with Crippen molar-refractivity contribution in [3.8, 4) is 5.75 Å². The molecule has 0 atom stereocenters. The predicted octanol–water partition coefficient (Wildman–Crippen LogP) is 2.90. The highest BCUT2D eigenvalue weighted by molar-refractivity contribution is 5.69. The van der Waals surface area contributed by atoms with E-state index >= 15 is 0 Å². The van der Waals surface area contributed by atoms with Crippen LogP contribution in [0.5, 0.6) is 5.75 Å². The fraction of sp³-hybridized carbons (Fsp3) is 0.533. The second-order valence-corrected chi connectivity index (χ2v) is 6.39. The summed E-state index contributed by atoms with van der Waals surface area (Å²) in [5.41, 5.74) is 0.228. The van der Waals surface area contributed by atoms with Gasteiger partial charge in [0.2, 0.25) is 0 Å². The molecule has 7 heteroatoms. The van der Waals surface area contributed by atoms with Gasteiger partial charge in [-0.15, -0.1) is 0 Å². The topological polar surface area (TPSA) is 81.9 Å². The van der Waals surface area contributed by atoms with Crippen molar-refractivity contribution in [2.75, 3.05) is 13.1 Å². The Labute approximate surface area is 129 Å². The van der Waals surface area contributed by atoms with E-state index in [-0.39, 0.29) is 17.9 Å². The van der Waals surface area contributed by atoms with Gasteiger partial charge in [0.25, 0.3) is 5.69 Å². The molecule has 1 aliphatic heterocycles. The number of nitrogens with zero attached hydrogens (tertiary/aromatic N) is 2. The minimum Gasteiger partial charge on any atom is -0.486 e. The summed E-state index contributed by atoms with van der Waals surface area (Å²) in [5, 5.41) is 10.8. The van der Waals surface area contributed by atoms with Crippen molar-refractivity contribution in [1.29, 1.82) is 0 Å². The highest BCUT2D eigenvalue weighted by Gasteiger charge is 2.35. The van der Waals surface area contributed by atoms with E-state index in [0.717, 1.165) is 5.56 Å². The van der Waals surface area contributed by atoms with Crippen LogP contribution in [0.1, 0.15) is 26.3 Å². The summed E-state index contributed by atoms with van der Waals surface area (Å²) in [6.45, 7) is 8.03. The van der Waals surface area contributed by atoms with Gasteiger partial charge in [-0.1, -0.05) is 0 Å². The number of ether oxygens (including phenoxy) is 2. The van der Waals surface area contributed by atoms with Crippen molar-refractivity contribution < 1.29 is 19.2 Å². The summed E-state index contributed by atoms with van der Waals surface area (Å²) in [4.78, 5) is 23.7. The summed E-state index contributed by atoms with van der Waals surface area (Å²) >= 11 is 0. The van der Waals surface area contributed by atoms with E-state index in [1.807, 2.05) is 20.8 Å². The van der Waals surface area contributed by atoms with Gasteiger partial charge in [-0.05, 0) is 39.3 Å². The standard InChI is InChI=1S/C15H20N2O5/c1-10-5-11(17(19)20)7-12(6-10)21-13-8-16(9-13)14(18)22-15(2,3)4/h5-7,13H,8-9H2,1-4H3. The van der Waals surface area contributed by atoms with E-state index in [1.165, 1.54) is 12.1 Å². The predicted molar refractivity (Wildman–Crippen MR) is 80.1 cm³/mol. The fourth-order valence-electron chi connectivity index (χ4n) is 2.08. The molecule has 1 heterocycles. The number of aryl methyl sites for hydroxylation is 1. The zero-order valence-corrected chi connectivity index (χ0v) is 13.2. The zero-order valence-electron chi connectivity index (χ0n) is 13.2. The average Bonchev–Trinajstić information content (AvgIpc) is 2.30. The molecule has 0 spiro atoms. The van der Waals surface area contributed by atoms with Crippen LogP contribution in [0.15, 0.2) is 18.2 Å². The van der Waals surface area contributed by atoms with E-state index in [0.29, 0.717) is 18.8 Å². The molecule has 2 rings (SSSR count). The Morgan fingerprint density at radius 3 is 2.50 bits per heavy atom. The monoisotopic (exact) mass is 308 g/mol. The Morgan fingerprint density at radius 2 is 1.95 bits per heavy atom. The van der Waals surface area contributed by atoms with Crippen LogP contribution >= 0.6 is 0 Å². The molecule has 120 valence electrons. The number of carbonyl (C=O) groups is 1. The Kier molecular flexibility index (Phi) is 4.25. The summed E-state index contributed by atoms with van der Waals surface area (Å²) in [6, 6.07) is 4.62. The molecule has 0 bridgehead atoms. The molecule has 0 aromatic heterocycles. The first-order chi connectivity index (χ1) is 10.1. The number of hydrogen-bond donors (Lipinski definition) is 0. The van der Waals surface area contributed by atoms with Crippen molar-refractivity contribution in [1.82, 2.24) is 4.90 Å². The second-order valence-electron chi connectivity index (χ2n) is 6.39. The SMILES string of the molecule is Cc1cc(OC2CN(C(=O)OC(C)(C)C)C2)cc([N+](=O)[O-])c1. The number of carbonyl (C=O) groups excluding carboxylic acids is 1. The molecule has 1 saturated heterocycles. The maximum atomic E-state index is 11.8. The van der Waals surface area contributed by atoms with Crippen LogP contribution in [0.25, 0.3) is 0 Å². The van der Waals surface area contributed by atoms with Crippen LogP contribution in [-0.2, 0) is 4.74 Å². The van der Waals surface area contributed by atoms with Crippen LogP contribution in [0, 0.1) is 17.0 Å². The molecule has 0 radical (unpaired) electrons. The average molecular weight is 308 g/mol. The quantitative estimate of drug-likeness (QED) is 0.633. The van der Waals surface area contributed by atoms with E-state index in [9.17, 15) is 14.9 Å². The molecule has 0 unspecified atom stereocenters. The first kappa shape index (κ1) is 16.1. The molecular weight excluding hydrogens is 288 g/mol. The maximum Gasteiger partial charge on any atom is 0.410 e. The summed E-state index contributed by atoms with van der Waals surface area (Å²) < 4.78 is 10.9. The molecule has 1 fully saturated rings. The van der Waals surface area contributed by atoms with Gasteiger partial charge in [0.1, 0.15) is 17.5 Å². The molecule has 0 saturated carbocycles. The van der Waals surface area contributed by atoms with Gasteiger partial charge in [0.05, 0.1) is 24.1 Å². The van der Waals surface area contributed by atoms with Crippen molar-refractivity contribution in [2.45, 2.75) is 39.4 Å². The molecule has 0 aliphatic carbocycles. The van der Waals surface area contributed by atoms with Gasteiger partial charge >= 0.3 is 6.09 Å². The normalized spacial score (nSPS) is 15.2. The summed E-state index contributed by atoms with van der Waals surface area (Å²) in [5.74, 6) is 0.445. The smallest absolute Gasteiger partial charge is 0.410 e.